The van der Waals surface area contributed by atoms with E-state index in [-0.39, 0.29) is 5.56 Å². The maximum atomic E-state index is 12.6. The van der Waals surface area contributed by atoms with Crippen molar-refractivity contribution in [1.29, 1.82) is 0 Å². The second kappa shape index (κ2) is 6.16. The topological polar surface area (TPSA) is 39.8 Å². The van der Waals surface area contributed by atoms with Crippen LogP contribution in [0.15, 0.2) is 48.0 Å². The maximum absolute atomic E-state index is 12.6. The monoisotopic (exact) mass is 349 g/mol. The van der Waals surface area contributed by atoms with Crippen LogP contribution in [-0.2, 0) is 13.1 Å². The number of rotatable bonds is 4. The molecular formula is C15H12ClN3OS2. The van der Waals surface area contributed by atoms with E-state index in [1.807, 2.05) is 16.7 Å². The molecule has 0 saturated heterocycles. The van der Waals surface area contributed by atoms with Gasteiger partial charge in [-0.1, -0.05) is 41.1 Å². The van der Waals surface area contributed by atoms with Crippen LogP contribution in [0.4, 0.5) is 0 Å². The van der Waals surface area contributed by atoms with E-state index in [0.717, 1.165) is 5.56 Å². The average Bonchev–Trinajstić information content (AvgIpc) is 2.82. The first-order chi connectivity index (χ1) is 10.6. The third-order valence-electron chi connectivity index (χ3n) is 3.22. The number of benzene rings is 1. The summed E-state index contributed by atoms with van der Waals surface area (Å²) in [6.45, 7) is 4.70. The Hall–Kier alpha value is -1.76. The van der Waals surface area contributed by atoms with Crippen molar-refractivity contribution in [1.82, 2.24) is 14.1 Å². The fraction of sp³-hybridized carbons (Fsp3) is 0.133. The summed E-state index contributed by atoms with van der Waals surface area (Å²) in [6, 6.07) is 7.39. The van der Waals surface area contributed by atoms with Crippen LogP contribution in [0.5, 0.6) is 0 Å². The maximum Gasteiger partial charge on any atom is 0.273 e. The predicted molar refractivity (Wildman–Crippen MR) is 93.5 cm³/mol. The molecule has 0 fully saturated rings. The minimum Gasteiger partial charge on any atom is -0.304 e. The predicted octanol–water partition coefficient (Wildman–Crippen LogP) is 3.88. The zero-order valence-electron chi connectivity index (χ0n) is 11.5. The Labute approximate surface area is 140 Å². The Morgan fingerprint density at radius 2 is 2.09 bits per heavy atom. The van der Waals surface area contributed by atoms with E-state index in [1.165, 1.54) is 11.3 Å². The molecule has 0 aliphatic heterocycles. The summed E-state index contributed by atoms with van der Waals surface area (Å²) in [7, 11) is 0. The van der Waals surface area contributed by atoms with E-state index in [1.54, 1.807) is 29.1 Å². The molecule has 2 heterocycles. The lowest BCUT2D eigenvalue weighted by molar-refractivity contribution is 0.741. The van der Waals surface area contributed by atoms with Gasteiger partial charge in [-0.25, -0.2) is 4.98 Å². The van der Waals surface area contributed by atoms with Gasteiger partial charge in [0.25, 0.3) is 5.56 Å². The molecule has 0 N–H and O–H groups in total. The zero-order valence-corrected chi connectivity index (χ0v) is 13.9. The Morgan fingerprint density at radius 3 is 2.77 bits per heavy atom. The molecule has 0 amide bonds. The number of hydrogen-bond acceptors (Lipinski definition) is 4. The first-order valence-electron chi connectivity index (χ1n) is 6.54. The van der Waals surface area contributed by atoms with Crippen LogP contribution in [0.2, 0.25) is 5.02 Å². The smallest absolute Gasteiger partial charge is 0.273 e. The highest BCUT2D eigenvalue weighted by molar-refractivity contribution is 7.73. The zero-order chi connectivity index (χ0) is 15.7. The molecule has 0 aliphatic carbocycles. The molecule has 3 aromatic rings. The van der Waals surface area contributed by atoms with E-state index in [2.05, 4.69) is 11.6 Å². The summed E-state index contributed by atoms with van der Waals surface area (Å²) in [5, 5.41) is 0.671. The van der Waals surface area contributed by atoms with Gasteiger partial charge in [-0.3, -0.25) is 9.36 Å². The molecule has 4 nitrogen and oxygen atoms in total. The number of fused-ring (bicyclic) bond motifs is 1. The molecule has 0 radical (unpaired) electrons. The molecule has 1 aromatic carbocycles. The number of allylic oxidation sites excluding steroid dienone is 1. The second-order valence-corrected chi connectivity index (χ2v) is 6.80. The summed E-state index contributed by atoms with van der Waals surface area (Å²) >= 11 is 12.5. The van der Waals surface area contributed by atoms with Gasteiger partial charge in [-0.2, -0.15) is 0 Å². The minimum atomic E-state index is -0.0844. The van der Waals surface area contributed by atoms with Gasteiger partial charge in [0.05, 0.1) is 6.54 Å². The van der Waals surface area contributed by atoms with Crippen molar-refractivity contribution in [2.45, 2.75) is 13.1 Å². The lowest BCUT2D eigenvalue weighted by Crippen LogP contribution is -2.20. The molecule has 0 spiro atoms. The lowest BCUT2D eigenvalue weighted by atomic mass is 10.2. The molecular weight excluding hydrogens is 338 g/mol. The van der Waals surface area contributed by atoms with Crippen LogP contribution in [0.3, 0.4) is 0 Å². The van der Waals surface area contributed by atoms with Gasteiger partial charge < -0.3 is 4.57 Å². The Morgan fingerprint density at radius 1 is 1.36 bits per heavy atom. The fourth-order valence-electron chi connectivity index (χ4n) is 2.16. The molecule has 0 atom stereocenters. The van der Waals surface area contributed by atoms with Gasteiger partial charge in [-0.15, -0.1) is 6.58 Å². The van der Waals surface area contributed by atoms with Crippen LogP contribution in [0, 0.1) is 3.95 Å². The van der Waals surface area contributed by atoms with E-state index in [0.29, 0.717) is 32.4 Å². The standard InChI is InChI=1S/C15H12ClN3OS2/c1-2-7-19-13-12(22-15(19)21)14(20)18(9-17-13)8-10-3-5-11(16)6-4-10/h2-6,9H,1,7-8H2. The molecule has 3 rings (SSSR count). The van der Waals surface area contributed by atoms with Gasteiger partial charge in [0.15, 0.2) is 9.60 Å². The number of nitrogens with zero attached hydrogens (tertiary/aromatic N) is 3. The summed E-state index contributed by atoms with van der Waals surface area (Å²) in [5.41, 5.74) is 1.52. The first-order valence-corrected chi connectivity index (χ1v) is 8.14. The van der Waals surface area contributed by atoms with E-state index in [9.17, 15) is 4.79 Å². The summed E-state index contributed by atoms with van der Waals surface area (Å²) in [6.07, 6.45) is 3.29. The molecule has 2 aromatic heterocycles. The van der Waals surface area contributed by atoms with Crippen LogP contribution < -0.4 is 5.56 Å². The van der Waals surface area contributed by atoms with Crippen LogP contribution in [0.1, 0.15) is 5.56 Å². The van der Waals surface area contributed by atoms with Crippen molar-refractivity contribution < 1.29 is 0 Å². The molecule has 112 valence electrons. The van der Waals surface area contributed by atoms with Crippen molar-refractivity contribution in [2.24, 2.45) is 0 Å². The highest BCUT2D eigenvalue weighted by atomic mass is 35.5. The minimum absolute atomic E-state index is 0.0844. The van der Waals surface area contributed by atoms with Gasteiger partial charge in [0, 0.05) is 11.6 Å². The molecule has 22 heavy (non-hydrogen) atoms. The summed E-state index contributed by atoms with van der Waals surface area (Å²) in [5.74, 6) is 0. The SMILES string of the molecule is C=CCn1c(=S)sc2c(=O)n(Cc3ccc(Cl)cc3)cnc21. The summed E-state index contributed by atoms with van der Waals surface area (Å²) < 4.78 is 4.60. The fourth-order valence-corrected chi connectivity index (χ4v) is 3.60. The van der Waals surface area contributed by atoms with E-state index >= 15 is 0 Å². The number of halogens is 1. The van der Waals surface area contributed by atoms with Crippen molar-refractivity contribution >= 4 is 45.5 Å². The van der Waals surface area contributed by atoms with Crippen LogP contribution in [-0.4, -0.2) is 14.1 Å². The molecule has 0 aliphatic rings. The number of aromatic nitrogens is 3. The van der Waals surface area contributed by atoms with Crippen molar-refractivity contribution in [2.75, 3.05) is 0 Å². The highest BCUT2D eigenvalue weighted by Gasteiger charge is 2.11. The summed E-state index contributed by atoms with van der Waals surface area (Å²) in [4.78, 5) is 17.0. The third-order valence-corrected chi connectivity index (χ3v) is 4.90. The molecule has 0 saturated carbocycles. The van der Waals surface area contributed by atoms with Gasteiger partial charge in [0.1, 0.15) is 11.0 Å². The molecule has 0 unspecified atom stereocenters. The quantitative estimate of drug-likeness (QED) is 0.530. The normalized spacial score (nSPS) is 11.0. The Bertz CT molecular complexity index is 954. The largest absolute Gasteiger partial charge is 0.304 e. The van der Waals surface area contributed by atoms with Gasteiger partial charge in [-0.05, 0) is 29.9 Å². The number of hydrogen-bond donors (Lipinski definition) is 0. The lowest BCUT2D eigenvalue weighted by Gasteiger charge is -2.06. The van der Waals surface area contributed by atoms with Gasteiger partial charge in [0.2, 0.25) is 0 Å². The first kappa shape index (κ1) is 15.1. The van der Waals surface area contributed by atoms with Crippen molar-refractivity contribution in [3.63, 3.8) is 0 Å². The molecule has 7 heteroatoms. The van der Waals surface area contributed by atoms with E-state index < -0.39 is 0 Å². The second-order valence-electron chi connectivity index (χ2n) is 4.72. The van der Waals surface area contributed by atoms with Crippen LogP contribution >= 0.6 is 35.2 Å². The highest BCUT2D eigenvalue weighted by Crippen LogP contribution is 2.18. The van der Waals surface area contributed by atoms with Crippen LogP contribution in [0.25, 0.3) is 10.3 Å². The van der Waals surface area contributed by atoms with Crippen molar-refractivity contribution in [3.8, 4) is 0 Å². The Balaban J connectivity index is 2.07. The Kier molecular flexibility index (Phi) is 4.24. The molecule has 0 bridgehead atoms. The van der Waals surface area contributed by atoms with Crippen molar-refractivity contribution in [3.05, 3.63) is 68.1 Å². The average molecular weight is 350 g/mol. The van der Waals surface area contributed by atoms with E-state index in [4.69, 9.17) is 23.8 Å². The third kappa shape index (κ3) is 2.77. The van der Waals surface area contributed by atoms with Gasteiger partial charge >= 0.3 is 0 Å². The number of thiazole rings is 1.